The number of ether oxygens (including phenoxy) is 1. The van der Waals surface area contributed by atoms with E-state index >= 15 is 0 Å². The van der Waals surface area contributed by atoms with Crippen molar-refractivity contribution in [3.63, 3.8) is 0 Å². The van der Waals surface area contributed by atoms with E-state index in [2.05, 4.69) is 5.32 Å². The van der Waals surface area contributed by atoms with Crippen LogP contribution in [0.4, 0.5) is 4.79 Å². The van der Waals surface area contributed by atoms with Gasteiger partial charge in [-0.3, -0.25) is 0 Å². The number of alkyl carbamates (subject to hydrolysis) is 1. The second-order valence-corrected chi connectivity index (χ2v) is 5.61. The second kappa shape index (κ2) is 13.1. The highest BCUT2D eigenvalue weighted by atomic mass is 16.5. The predicted octanol–water partition coefficient (Wildman–Crippen LogP) is 3.99. The molecule has 1 amide bonds. The number of carbonyl (C=O) groups excluding carboxylic acids is 1. The number of carbonyl (C=O) groups is 1. The van der Waals surface area contributed by atoms with Gasteiger partial charge in [-0.2, -0.15) is 0 Å². The lowest BCUT2D eigenvalue weighted by Crippen LogP contribution is -2.25. The third-order valence-corrected chi connectivity index (χ3v) is 3.61. The normalized spacial score (nSPS) is 10.4. The van der Waals surface area contributed by atoms with Crippen molar-refractivity contribution in [2.45, 2.75) is 58.0 Å². The maximum absolute atomic E-state index is 11.5. The minimum atomic E-state index is -0.328. The topological polar surface area (TPSA) is 64.3 Å². The van der Waals surface area contributed by atoms with Crippen LogP contribution >= 0.6 is 0 Å². The molecule has 0 saturated heterocycles. The highest BCUT2D eigenvalue weighted by molar-refractivity contribution is 5.67. The molecule has 0 aliphatic rings. The Morgan fingerprint density at radius 3 is 2.14 bits per heavy atom. The number of hydrogen-bond donors (Lipinski definition) is 2. The van der Waals surface area contributed by atoms with Gasteiger partial charge in [0.25, 0.3) is 0 Å². The molecule has 1 aromatic carbocycles. The molecule has 4 heteroatoms. The Hall–Kier alpha value is -1.55. The summed E-state index contributed by atoms with van der Waals surface area (Å²) in [6, 6.07) is 9.71. The number of rotatable bonds is 12. The fraction of sp³-hybridized carbons (Fsp3) is 0.611. The van der Waals surface area contributed by atoms with Gasteiger partial charge < -0.3 is 15.8 Å². The van der Waals surface area contributed by atoms with Crippen molar-refractivity contribution < 1.29 is 9.53 Å². The Morgan fingerprint density at radius 1 is 0.909 bits per heavy atom. The van der Waals surface area contributed by atoms with Gasteiger partial charge in [-0.15, -0.1) is 0 Å². The smallest absolute Gasteiger partial charge is 0.407 e. The van der Waals surface area contributed by atoms with Crippen molar-refractivity contribution >= 4 is 6.09 Å². The molecule has 0 aliphatic carbocycles. The molecular formula is C18H30N2O2. The van der Waals surface area contributed by atoms with Crippen molar-refractivity contribution in [2.24, 2.45) is 5.73 Å². The zero-order chi connectivity index (χ0) is 15.9. The molecule has 0 aliphatic heterocycles. The Bertz CT molecular complexity index is 382. The van der Waals surface area contributed by atoms with E-state index in [1.54, 1.807) is 0 Å². The number of unbranched alkanes of at least 4 members (excludes halogenated alkanes) is 7. The molecule has 0 fully saturated rings. The van der Waals surface area contributed by atoms with Gasteiger partial charge in [0.05, 0.1) is 0 Å². The van der Waals surface area contributed by atoms with Crippen LogP contribution in [0.25, 0.3) is 0 Å². The summed E-state index contributed by atoms with van der Waals surface area (Å²) in [5.74, 6) is 0. The molecule has 22 heavy (non-hydrogen) atoms. The molecule has 0 spiro atoms. The first-order chi connectivity index (χ1) is 10.8. The van der Waals surface area contributed by atoms with Crippen LogP contribution in [0.1, 0.15) is 56.9 Å². The lowest BCUT2D eigenvalue weighted by Gasteiger charge is -2.07. The molecule has 0 aromatic heterocycles. The summed E-state index contributed by atoms with van der Waals surface area (Å²) >= 11 is 0. The number of hydrogen-bond acceptors (Lipinski definition) is 3. The SMILES string of the molecule is NCCCCCCCCCCNC(=O)OCc1ccccc1. The van der Waals surface area contributed by atoms with Crippen LogP contribution in [0.3, 0.4) is 0 Å². The number of nitrogens with one attached hydrogen (secondary N) is 1. The average Bonchev–Trinajstić information content (AvgIpc) is 2.55. The van der Waals surface area contributed by atoms with Crippen LogP contribution in [0.5, 0.6) is 0 Å². The maximum Gasteiger partial charge on any atom is 0.407 e. The molecular weight excluding hydrogens is 276 g/mol. The van der Waals surface area contributed by atoms with Gasteiger partial charge in [-0.05, 0) is 24.9 Å². The summed E-state index contributed by atoms with van der Waals surface area (Å²) in [4.78, 5) is 11.5. The lowest BCUT2D eigenvalue weighted by molar-refractivity contribution is 0.139. The Labute approximate surface area is 134 Å². The number of amides is 1. The van der Waals surface area contributed by atoms with Crippen LogP contribution in [0.15, 0.2) is 30.3 Å². The minimum absolute atomic E-state index is 0.328. The Balaban J connectivity index is 1.87. The predicted molar refractivity (Wildman–Crippen MR) is 90.6 cm³/mol. The zero-order valence-electron chi connectivity index (χ0n) is 13.6. The van der Waals surface area contributed by atoms with Crippen LogP contribution in [0, 0.1) is 0 Å². The van der Waals surface area contributed by atoms with Gasteiger partial charge in [0.2, 0.25) is 0 Å². The highest BCUT2D eigenvalue weighted by Crippen LogP contribution is 2.08. The van der Waals surface area contributed by atoms with Crippen LogP contribution in [-0.4, -0.2) is 19.2 Å². The van der Waals surface area contributed by atoms with Crippen LogP contribution in [0.2, 0.25) is 0 Å². The summed E-state index contributed by atoms with van der Waals surface area (Å²) in [5, 5.41) is 2.80. The molecule has 4 nitrogen and oxygen atoms in total. The second-order valence-electron chi connectivity index (χ2n) is 5.61. The third-order valence-electron chi connectivity index (χ3n) is 3.61. The molecule has 1 rings (SSSR count). The largest absolute Gasteiger partial charge is 0.445 e. The molecule has 0 heterocycles. The third kappa shape index (κ3) is 10.2. The molecule has 1 aromatic rings. The van der Waals surface area contributed by atoms with E-state index in [9.17, 15) is 4.79 Å². The first kappa shape index (κ1) is 18.5. The fourth-order valence-corrected chi connectivity index (χ4v) is 2.29. The van der Waals surface area contributed by atoms with E-state index in [4.69, 9.17) is 10.5 Å². The van der Waals surface area contributed by atoms with Gasteiger partial charge in [0.15, 0.2) is 0 Å². The number of nitrogens with two attached hydrogens (primary N) is 1. The van der Waals surface area contributed by atoms with E-state index in [1.807, 2.05) is 30.3 Å². The van der Waals surface area contributed by atoms with Crippen molar-refractivity contribution in [2.75, 3.05) is 13.1 Å². The van der Waals surface area contributed by atoms with Gasteiger partial charge in [0.1, 0.15) is 6.61 Å². The average molecular weight is 306 g/mol. The standard InChI is InChI=1S/C18H30N2O2/c19-14-10-5-3-1-2-4-6-11-15-20-18(21)22-16-17-12-8-7-9-13-17/h7-9,12-13H,1-6,10-11,14-16,19H2,(H,20,21). The summed E-state index contributed by atoms with van der Waals surface area (Å²) in [6.07, 6.45) is 9.37. The van der Waals surface area contributed by atoms with E-state index in [0.29, 0.717) is 13.2 Å². The zero-order valence-corrected chi connectivity index (χ0v) is 13.6. The maximum atomic E-state index is 11.5. The quantitative estimate of drug-likeness (QED) is 0.574. The van der Waals surface area contributed by atoms with Crippen LogP contribution in [-0.2, 0) is 11.3 Å². The molecule has 0 saturated carbocycles. The summed E-state index contributed by atoms with van der Waals surface area (Å²) in [5.41, 5.74) is 6.47. The molecule has 0 radical (unpaired) electrons. The van der Waals surface area contributed by atoms with E-state index in [1.165, 1.54) is 32.1 Å². The van der Waals surface area contributed by atoms with Gasteiger partial charge in [-0.25, -0.2) is 4.79 Å². The van der Waals surface area contributed by atoms with E-state index < -0.39 is 0 Å². The number of benzene rings is 1. The van der Waals surface area contributed by atoms with Crippen molar-refractivity contribution in [1.29, 1.82) is 0 Å². The van der Waals surface area contributed by atoms with E-state index in [-0.39, 0.29) is 6.09 Å². The highest BCUT2D eigenvalue weighted by Gasteiger charge is 2.01. The minimum Gasteiger partial charge on any atom is -0.445 e. The van der Waals surface area contributed by atoms with Gasteiger partial charge >= 0.3 is 6.09 Å². The molecule has 3 N–H and O–H groups in total. The monoisotopic (exact) mass is 306 g/mol. The van der Waals surface area contributed by atoms with Crippen LogP contribution < -0.4 is 11.1 Å². The van der Waals surface area contributed by atoms with Crippen molar-refractivity contribution in [3.8, 4) is 0 Å². The molecule has 0 unspecified atom stereocenters. The molecule has 124 valence electrons. The summed E-state index contributed by atoms with van der Waals surface area (Å²) in [6.45, 7) is 1.84. The Kier molecular flexibility index (Phi) is 11.0. The van der Waals surface area contributed by atoms with Crippen molar-refractivity contribution in [3.05, 3.63) is 35.9 Å². The first-order valence-corrected chi connectivity index (χ1v) is 8.47. The van der Waals surface area contributed by atoms with E-state index in [0.717, 1.165) is 31.4 Å². The summed E-state index contributed by atoms with van der Waals surface area (Å²) in [7, 11) is 0. The molecule has 0 bridgehead atoms. The Morgan fingerprint density at radius 2 is 1.50 bits per heavy atom. The summed E-state index contributed by atoms with van der Waals surface area (Å²) < 4.78 is 5.15. The fourth-order valence-electron chi connectivity index (χ4n) is 2.29. The lowest BCUT2D eigenvalue weighted by atomic mass is 10.1. The molecule has 0 atom stereocenters. The van der Waals surface area contributed by atoms with Gasteiger partial charge in [0, 0.05) is 6.54 Å². The van der Waals surface area contributed by atoms with Gasteiger partial charge in [-0.1, -0.05) is 68.9 Å². The first-order valence-electron chi connectivity index (χ1n) is 8.47. The van der Waals surface area contributed by atoms with Crippen molar-refractivity contribution in [1.82, 2.24) is 5.32 Å².